The number of aromatic nitrogens is 1. The molecule has 2 atom stereocenters. The van der Waals surface area contributed by atoms with Gasteiger partial charge in [0, 0.05) is 18.2 Å². The zero-order valence-corrected chi connectivity index (χ0v) is 17.3. The number of rotatable bonds is 12. The second kappa shape index (κ2) is 11.6. The molecule has 6 heteroatoms. The first-order valence-electron chi connectivity index (χ1n) is 10.3. The smallest absolute Gasteiger partial charge is 0.118 e. The minimum Gasteiger partial charge on any atom is -0.396 e. The first-order valence-corrected chi connectivity index (χ1v) is 11.2. The van der Waals surface area contributed by atoms with Crippen molar-refractivity contribution >= 4 is 11.3 Å². The summed E-state index contributed by atoms with van der Waals surface area (Å²) in [6, 6.07) is 6.84. The van der Waals surface area contributed by atoms with Crippen molar-refractivity contribution in [2.75, 3.05) is 26.4 Å². The molecule has 0 saturated heterocycles. The van der Waals surface area contributed by atoms with Crippen molar-refractivity contribution in [1.29, 1.82) is 0 Å². The maximum absolute atomic E-state index is 8.99. The summed E-state index contributed by atoms with van der Waals surface area (Å²) in [5, 5.41) is 12.0. The van der Waals surface area contributed by atoms with E-state index in [1.807, 2.05) is 5.38 Å². The molecule has 1 heterocycles. The third kappa shape index (κ3) is 6.36. The molecule has 0 saturated carbocycles. The van der Waals surface area contributed by atoms with Crippen LogP contribution in [-0.2, 0) is 28.9 Å². The number of unbranched alkanes of at least 4 members (excludes halogenated alkanes) is 1. The van der Waals surface area contributed by atoms with Crippen molar-refractivity contribution in [1.82, 2.24) is 4.98 Å². The number of thiazole rings is 1. The molecular weight excluding hydrogens is 372 g/mol. The molecule has 2 aromatic rings. The van der Waals surface area contributed by atoms with E-state index >= 15 is 0 Å². The number of ether oxygens (including phenoxy) is 2. The Morgan fingerprint density at radius 1 is 1.25 bits per heavy atom. The van der Waals surface area contributed by atoms with Gasteiger partial charge in [0.05, 0.1) is 25.9 Å². The Hall–Kier alpha value is -1.31. The molecule has 28 heavy (non-hydrogen) atoms. The second-order valence-electron chi connectivity index (χ2n) is 7.39. The number of aryl methyl sites for hydroxylation is 1. The third-order valence-corrected chi connectivity index (χ3v) is 6.17. The van der Waals surface area contributed by atoms with E-state index in [1.165, 1.54) is 16.7 Å². The number of hydrogen-bond donors (Lipinski definition) is 2. The van der Waals surface area contributed by atoms with E-state index in [4.69, 9.17) is 20.3 Å². The minimum absolute atomic E-state index is 0.263. The van der Waals surface area contributed by atoms with E-state index in [1.54, 1.807) is 17.5 Å². The lowest BCUT2D eigenvalue weighted by atomic mass is 9.85. The zero-order chi connectivity index (χ0) is 19.6. The van der Waals surface area contributed by atoms with E-state index in [0.717, 1.165) is 43.5 Å². The van der Waals surface area contributed by atoms with Crippen molar-refractivity contribution in [3.8, 4) is 0 Å². The topological polar surface area (TPSA) is 77.6 Å². The monoisotopic (exact) mass is 404 g/mol. The largest absolute Gasteiger partial charge is 0.396 e. The molecule has 1 aliphatic carbocycles. The normalized spacial score (nSPS) is 17.4. The van der Waals surface area contributed by atoms with E-state index in [2.05, 4.69) is 23.2 Å². The van der Waals surface area contributed by atoms with Crippen LogP contribution in [0.3, 0.4) is 0 Å². The molecule has 3 rings (SSSR count). The van der Waals surface area contributed by atoms with E-state index < -0.39 is 0 Å². The van der Waals surface area contributed by atoms with Gasteiger partial charge in [-0.15, -0.1) is 11.3 Å². The van der Waals surface area contributed by atoms with Crippen LogP contribution >= 0.6 is 11.3 Å². The standard InChI is InChI=1S/C22H32N2O3S/c23-15-20(3-1-2-9-25)18-4-5-19-14-21(7-6-17(19)13-18)27-11-10-26-16-22-24-8-12-28-22/h4-5,8,12-13,20-21,25H,1-3,6-7,9-11,14-16,23H2/t20-,21-/m0/s1. The lowest BCUT2D eigenvalue weighted by Crippen LogP contribution is -2.24. The van der Waals surface area contributed by atoms with Crippen LogP contribution < -0.4 is 5.73 Å². The van der Waals surface area contributed by atoms with Gasteiger partial charge in [-0.3, -0.25) is 0 Å². The summed E-state index contributed by atoms with van der Waals surface area (Å²) in [7, 11) is 0. The third-order valence-electron chi connectivity index (χ3n) is 5.42. The number of fused-ring (bicyclic) bond motifs is 1. The molecule has 0 unspecified atom stereocenters. The number of benzene rings is 1. The molecule has 154 valence electrons. The summed E-state index contributed by atoms with van der Waals surface area (Å²) < 4.78 is 11.7. The quantitative estimate of drug-likeness (QED) is 0.530. The van der Waals surface area contributed by atoms with E-state index in [-0.39, 0.29) is 12.7 Å². The Kier molecular flexibility index (Phi) is 8.89. The van der Waals surface area contributed by atoms with Gasteiger partial charge in [0.2, 0.25) is 0 Å². The summed E-state index contributed by atoms with van der Waals surface area (Å²) in [5.41, 5.74) is 10.2. The average molecular weight is 405 g/mol. The lowest BCUT2D eigenvalue weighted by Gasteiger charge is -2.26. The molecule has 5 nitrogen and oxygen atoms in total. The van der Waals surface area contributed by atoms with Gasteiger partial charge in [0.25, 0.3) is 0 Å². The Balaban J connectivity index is 1.43. The van der Waals surface area contributed by atoms with Crippen LogP contribution in [0.1, 0.15) is 53.3 Å². The Bertz CT molecular complexity index is 693. The van der Waals surface area contributed by atoms with Gasteiger partial charge in [-0.2, -0.15) is 0 Å². The highest BCUT2D eigenvalue weighted by molar-refractivity contribution is 7.09. The van der Waals surface area contributed by atoms with E-state index in [0.29, 0.717) is 32.3 Å². The van der Waals surface area contributed by atoms with Crippen LogP contribution in [0.5, 0.6) is 0 Å². The SMILES string of the molecule is NC[C@H](CCCCO)c1ccc2c(c1)CC[C@H](OCCOCc1nccs1)C2. The van der Waals surface area contributed by atoms with Gasteiger partial charge >= 0.3 is 0 Å². The Morgan fingerprint density at radius 3 is 2.96 bits per heavy atom. The van der Waals surface area contributed by atoms with Gasteiger partial charge in [0.15, 0.2) is 0 Å². The summed E-state index contributed by atoms with van der Waals surface area (Å²) in [4.78, 5) is 4.21. The molecule has 0 bridgehead atoms. The highest BCUT2D eigenvalue weighted by Gasteiger charge is 2.20. The number of hydrogen-bond acceptors (Lipinski definition) is 6. The van der Waals surface area contributed by atoms with Crippen molar-refractivity contribution in [2.24, 2.45) is 5.73 Å². The first-order chi connectivity index (χ1) is 13.8. The Morgan fingerprint density at radius 2 is 2.18 bits per heavy atom. The molecular formula is C22H32N2O3S. The van der Waals surface area contributed by atoms with Gasteiger partial charge < -0.3 is 20.3 Å². The van der Waals surface area contributed by atoms with Gasteiger partial charge in [-0.25, -0.2) is 4.98 Å². The zero-order valence-electron chi connectivity index (χ0n) is 16.5. The molecule has 1 aliphatic rings. The number of nitrogens with two attached hydrogens (primary N) is 1. The van der Waals surface area contributed by atoms with Crippen molar-refractivity contribution in [3.05, 3.63) is 51.5 Å². The van der Waals surface area contributed by atoms with Crippen LogP contribution in [0.25, 0.3) is 0 Å². The number of aliphatic hydroxyl groups is 1. The predicted molar refractivity (Wildman–Crippen MR) is 113 cm³/mol. The number of aliphatic hydroxyl groups excluding tert-OH is 1. The highest BCUT2D eigenvalue weighted by atomic mass is 32.1. The number of nitrogens with zero attached hydrogens (tertiary/aromatic N) is 1. The van der Waals surface area contributed by atoms with Crippen molar-refractivity contribution in [3.63, 3.8) is 0 Å². The molecule has 0 aliphatic heterocycles. The summed E-state index contributed by atoms with van der Waals surface area (Å²) in [6.45, 7) is 2.73. The Labute approximate surface area is 171 Å². The van der Waals surface area contributed by atoms with Crippen molar-refractivity contribution in [2.45, 2.75) is 57.2 Å². The highest BCUT2D eigenvalue weighted by Crippen LogP contribution is 2.28. The van der Waals surface area contributed by atoms with E-state index in [9.17, 15) is 0 Å². The summed E-state index contributed by atoms with van der Waals surface area (Å²) in [5.74, 6) is 0.390. The van der Waals surface area contributed by atoms with Crippen LogP contribution in [0, 0.1) is 0 Å². The predicted octanol–water partition coefficient (Wildman–Crippen LogP) is 3.44. The van der Waals surface area contributed by atoms with Crippen LogP contribution in [0.4, 0.5) is 0 Å². The molecule has 1 aromatic heterocycles. The maximum atomic E-state index is 8.99. The van der Waals surface area contributed by atoms with Gasteiger partial charge in [-0.1, -0.05) is 24.6 Å². The van der Waals surface area contributed by atoms with Gasteiger partial charge in [-0.05, 0) is 61.3 Å². The van der Waals surface area contributed by atoms with Crippen LogP contribution in [0.15, 0.2) is 29.8 Å². The maximum Gasteiger partial charge on any atom is 0.118 e. The fraction of sp³-hybridized carbons (Fsp3) is 0.591. The summed E-state index contributed by atoms with van der Waals surface area (Å²) in [6.07, 6.45) is 8.08. The molecule has 3 N–H and O–H groups in total. The molecule has 0 spiro atoms. The fourth-order valence-electron chi connectivity index (χ4n) is 3.82. The lowest BCUT2D eigenvalue weighted by molar-refractivity contribution is -0.00461. The molecule has 1 aromatic carbocycles. The van der Waals surface area contributed by atoms with Gasteiger partial charge in [0.1, 0.15) is 5.01 Å². The average Bonchev–Trinajstić information content (AvgIpc) is 3.24. The molecule has 0 fully saturated rings. The first kappa shape index (κ1) is 21.4. The van der Waals surface area contributed by atoms with Crippen LogP contribution in [0.2, 0.25) is 0 Å². The van der Waals surface area contributed by atoms with Crippen LogP contribution in [-0.4, -0.2) is 42.6 Å². The molecule has 0 amide bonds. The van der Waals surface area contributed by atoms with Crippen molar-refractivity contribution < 1.29 is 14.6 Å². The second-order valence-corrected chi connectivity index (χ2v) is 8.37. The molecule has 0 radical (unpaired) electrons. The minimum atomic E-state index is 0.263. The summed E-state index contributed by atoms with van der Waals surface area (Å²) >= 11 is 1.62. The fourth-order valence-corrected chi connectivity index (χ4v) is 4.37.